The number of hydrogen-bond acceptors (Lipinski definition) is 10. The second-order valence-corrected chi connectivity index (χ2v) is 11.7. The highest BCUT2D eigenvalue weighted by Crippen LogP contribution is 2.54. The monoisotopic (exact) mass is 563 g/mol. The number of carbonyl (C=O) groups is 3. The van der Waals surface area contributed by atoms with Crippen molar-refractivity contribution in [2.24, 2.45) is 17.6 Å². The quantitative estimate of drug-likeness (QED) is 0.275. The minimum Gasteiger partial charge on any atom is -0.508 e. The molecule has 0 spiro atoms. The van der Waals surface area contributed by atoms with Crippen molar-refractivity contribution < 1.29 is 34.8 Å². The van der Waals surface area contributed by atoms with Crippen LogP contribution in [0, 0.1) is 23.7 Å². The van der Waals surface area contributed by atoms with Crippen LogP contribution < -0.4 is 10.6 Å². The zero-order chi connectivity index (χ0) is 29.3. The summed E-state index contributed by atoms with van der Waals surface area (Å²) in [5.41, 5.74) is 3.15. The smallest absolute Gasteiger partial charge is 0.255 e. The summed E-state index contributed by atoms with van der Waals surface area (Å²) in [6.45, 7) is 0. The molecule has 0 bridgehead atoms. The molecule has 0 aliphatic heterocycles. The molecule has 4 unspecified atom stereocenters. The molecule has 0 radical (unpaired) electrons. The molecule has 0 saturated heterocycles. The van der Waals surface area contributed by atoms with Crippen molar-refractivity contribution in [3.05, 3.63) is 62.1 Å². The minimum atomic E-state index is -2.68. The number of likely N-dealkylation sites (N-methyl/N-ethyl adjacent to an activating group) is 1. The van der Waals surface area contributed by atoms with E-state index in [1.165, 1.54) is 16.2 Å². The number of fused-ring (bicyclic) bond motifs is 3. The molecule has 4 atom stereocenters. The van der Waals surface area contributed by atoms with E-state index in [-0.39, 0.29) is 35.3 Å². The van der Waals surface area contributed by atoms with Gasteiger partial charge in [-0.25, -0.2) is 0 Å². The first-order valence-corrected chi connectivity index (χ1v) is 13.4. The van der Waals surface area contributed by atoms with Crippen molar-refractivity contribution >= 4 is 40.3 Å². The number of aliphatic hydroxyl groups is 3. The highest BCUT2D eigenvalue weighted by Gasteiger charge is 2.64. The molecule has 5 rings (SSSR count). The number of primary amides is 1. The van der Waals surface area contributed by atoms with E-state index in [2.05, 4.69) is 11.8 Å². The van der Waals surface area contributed by atoms with Crippen LogP contribution in [0.1, 0.15) is 28.0 Å². The van der Waals surface area contributed by atoms with Crippen LogP contribution in [0.15, 0.2) is 40.5 Å². The molecular weight excluding hydrogens is 534 g/mol. The number of hydrogen-bond donors (Lipinski definition) is 5. The van der Waals surface area contributed by atoms with Crippen LogP contribution in [0.4, 0.5) is 5.69 Å². The predicted molar refractivity (Wildman–Crippen MR) is 149 cm³/mol. The third-order valence-corrected chi connectivity index (χ3v) is 8.81. The zero-order valence-electron chi connectivity index (χ0n) is 22.3. The van der Waals surface area contributed by atoms with Gasteiger partial charge in [0.15, 0.2) is 11.4 Å². The molecule has 1 aromatic heterocycles. The Balaban J connectivity index is 1.74. The maximum atomic E-state index is 14.0. The van der Waals surface area contributed by atoms with Crippen molar-refractivity contribution in [1.82, 2.24) is 4.90 Å². The molecule has 1 fully saturated rings. The van der Waals surface area contributed by atoms with E-state index in [9.17, 15) is 34.8 Å². The summed E-state index contributed by atoms with van der Waals surface area (Å²) in [4.78, 5) is 43.4. The van der Waals surface area contributed by atoms with Gasteiger partial charge in [-0.3, -0.25) is 19.3 Å². The van der Waals surface area contributed by atoms with Crippen molar-refractivity contribution in [2.75, 3.05) is 33.1 Å². The first-order valence-electron chi connectivity index (χ1n) is 12.6. The largest absolute Gasteiger partial charge is 0.508 e. The van der Waals surface area contributed by atoms with Gasteiger partial charge in [0.25, 0.3) is 5.91 Å². The summed E-state index contributed by atoms with van der Waals surface area (Å²) in [7, 11) is 6.74. The highest BCUT2D eigenvalue weighted by molar-refractivity contribution is 7.10. The fraction of sp³-hybridized carbons (Fsp3) is 0.345. The average molecular weight is 564 g/mol. The van der Waals surface area contributed by atoms with Crippen molar-refractivity contribution in [1.29, 1.82) is 0 Å². The molecule has 40 heavy (non-hydrogen) atoms. The van der Waals surface area contributed by atoms with E-state index < -0.39 is 58.0 Å². The molecule has 11 heteroatoms. The molecule has 1 amide bonds. The highest BCUT2D eigenvalue weighted by atomic mass is 32.1. The average Bonchev–Trinajstić information content (AvgIpc) is 3.39. The van der Waals surface area contributed by atoms with Gasteiger partial charge in [0.05, 0.1) is 22.0 Å². The number of carbonyl (C=O) groups excluding carboxylic acids is 3. The van der Waals surface area contributed by atoms with E-state index in [4.69, 9.17) is 5.73 Å². The van der Waals surface area contributed by atoms with Gasteiger partial charge >= 0.3 is 0 Å². The van der Waals surface area contributed by atoms with Crippen molar-refractivity contribution in [3.8, 4) is 17.6 Å². The normalized spacial score (nSPS) is 25.7. The Hall–Kier alpha value is -4.11. The molecule has 208 valence electrons. The Morgan fingerprint density at radius 1 is 1.15 bits per heavy atom. The molecule has 1 aromatic carbocycles. The third-order valence-electron chi connectivity index (χ3n) is 8.02. The number of ketones is 2. The van der Waals surface area contributed by atoms with Gasteiger partial charge in [0.2, 0.25) is 5.78 Å². The summed E-state index contributed by atoms with van der Waals surface area (Å²) in [6.07, 6.45) is 0.230. The Labute approximate surface area is 234 Å². The van der Waals surface area contributed by atoms with Crippen LogP contribution in [0.3, 0.4) is 0 Å². The van der Waals surface area contributed by atoms with Crippen molar-refractivity contribution in [2.45, 2.75) is 24.5 Å². The number of thiophene rings is 1. The van der Waals surface area contributed by atoms with Crippen LogP contribution in [-0.4, -0.2) is 82.6 Å². The van der Waals surface area contributed by atoms with Gasteiger partial charge in [-0.1, -0.05) is 17.9 Å². The Morgan fingerprint density at radius 2 is 1.85 bits per heavy atom. The first kappa shape index (κ1) is 27.5. The lowest BCUT2D eigenvalue weighted by molar-refractivity contribution is -0.153. The second kappa shape index (κ2) is 9.52. The van der Waals surface area contributed by atoms with Gasteiger partial charge in [-0.2, -0.15) is 0 Å². The van der Waals surface area contributed by atoms with E-state index in [1.807, 2.05) is 22.4 Å². The number of phenols is 1. The Kier molecular flexibility index (Phi) is 6.53. The van der Waals surface area contributed by atoms with E-state index >= 15 is 0 Å². The molecule has 2 aromatic rings. The number of amides is 1. The van der Waals surface area contributed by atoms with Gasteiger partial charge in [0.1, 0.15) is 22.8 Å². The molecule has 10 nitrogen and oxygen atoms in total. The predicted octanol–water partition coefficient (Wildman–Crippen LogP) is 1.49. The standard InChI is InChI=1S/C29H29N3O7S/c1-31(2)18-12-13(7-8-15-6-5-9-40-15)23(33)20-16(18)10-14-11-17-22(32(3)4)25(35)21(28(30)38)27(37)29(17,39)26(36)19(14)24(20)34/h5-6,9,12,14,17,22,33-34,37,39H,10-11H2,1-4H3,(H2,30,38). The minimum absolute atomic E-state index is 0.0120. The van der Waals surface area contributed by atoms with Gasteiger partial charge in [-0.05, 0) is 55.9 Å². The van der Waals surface area contributed by atoms with Crippen LogP contribution in [-0.2, 0) is 20.8 Å². The number of Topliss-reactive ketones (excluding diaryl/α,β-unsaturated/α-hetero) is 2. The molecule has 1 saturated carbocycles. The zero-order valence-corrected chi connectivity index (χ0v) is 23.2. The number of aliphatic hydroxyl groups excluding tert-OH is 2. The fourth-order valence-electron chi connectivity index (χ4n) is 6.26. The lowest BCUT2D eigenvalue weighted by Gasteiger charge is -2.50. The van der Waals surface area contributed by atoms with Gasteiger partial charge in [-0.15, -0.1) is 11.3 Å². The Bertz CT molecular complexity index is 1590. The number of benzene rings is 1. The second-order valence-electron chi connectivity index (χ2n) is 10.7. The van der Waals surface area contributed by atoms with Crippen LogP contribution >= 0.6 is 11.3 Å². The fourth-order valence-corrected chi connectivity index (χ4v) is 6.84. The lowest BCUT2D eigenvalue weighted by Crippen LogP contribution is -2.65. The third kappa shape index (κ3) is 3.83. The van der Waals surface area contributed by atoms with E-state index in [1.54, 1.807) is 34.3 Å². The number of rotatable bonds is 3. The molecule has 3 aliphatic carbocycles. The first-order chi connectivity index (χ1) is 18.8. The van der Waals surface area contributed by atoms with Crippen molar-refractivity contribution in [3.63, 3.8) is 0 Å². The summed E-state index contributed by atoms with van der Waals surface area (Å²) in [5.74, 6) is -0.937. The molecule has 1 heterocycles. The number of nitrogens with zero attached hydrogens (tertiary/aromatic N) is 2. The maximum absolute atomic E-state index is 14.0. The topological polar surface area (TPSA) is 165 Å². The lowest BCUT2D eigenvalue weighted by atomic mass is 9.57. The summed E-state index contributed by atoms with van der Waals surface area (Å²) >= 11 is 1.43. The number of nitrogens with two attached hydrogens (primary N) is 1. The Morgan fingerprint density at radius 3 is 2.42 bits per heavy atom. The van der Waals surface area contributed by atoms with Gasteiger partial charge in [0, 0.05) is 31.3 Å². The maximum Gasteiger partial charge on any atom is 0.255 e. The summed E-state index contributed by atoms with van der Waals surface area (Å²) in [6, 6.07) is 4.27. The molecule has 6 N–H and O–H groups in total. The number of aromatic hydroxyl groups is 1. The van der Waals surface area contributed by atoms with Crippen LogP contribution in [0.25, 0.3) is 5.76 Å². The summed E-state index contributed by atoms with van der Waals surface area (Å²) in [5, 5.41) is 47.4. The SMILES string of the molecule is CN(C)c1cc(C#Cc2cccs2)c(O)c2c1CC1CC3C(N(C)C)C(=O)C(C(N)=O)=C(O)C3(O)C(=O)C1=C2O. The molecular formula is C29H29N3O7S. The van der Waals surface area contributed by atoms with E-state index in [0.717, 1.165) is 4.88 Å². The van der Waals surface area contributed by atoms with Crippen LogP contribution in [0.2, 0.25) is 0 Å². The van der Waals surface area contributed by atoms with Gasteiger partial charge < -0.3 is 31.1 Å². The number of anilines is 1. The molecule has 3 aliphatic rings. The van der Waals surface area contributed by atoms with Crippen LogP contribution in [0.5, 0.6) is 5.75 Å². The number of phenolic OH excluding ortho intramolecular Hbond substituents is 1. The van der Waals surface area contributed by atoms with E-state index in [0.29, 0.717) is 11.3 Å². The summed E-state index contributed by atoms with van der Waals surface area (Å²) < 4.78 is 0.